The molecule has 3 rings (SSSR count). The number of aromatic nitrogens is 1. The van der Waals surface area contributed by atoms with E-state index in [1.165, 1.54) is 37.7 Å². The molecule has 0 atom stereocenters. The molecule has 21 heavy (non-hydrogen) atoms. The summed E-state index contributed by atoms with van der Waals surface area (Å²) in [6, 6.07) is 4.30. The molecule has 0 bridgehead atoms. The zero-order valence-corrected chi connectivity index (χ0v) is 12.6. The number of nitrogens with zero attached hydrogens (tertiary/aromatic N) is 2. The average Bonchev–Trinajstić information content (AvgIpc) is 2.53. The van der Waals surface area contributed by atoms with E-state index in [1.54, 1.807) is 0 Å². The van der Waals surface area contributed by atoms with E-state index in [-0.39, 0.29) is 5.54 Å². The number of hydrogen-bond acceptors (Lipinski definition) is 4. The van der Waals surface area contributed by atoms with Gasteiger partial charge in [-0.1, -0.05) is 19.3 Å². The van der Waals surface area contributed by atoms with E-state index in [0.717, 1.165) is 37.2 Å². The van der Waals surface area contributed by atoms with Crippen LogP contribution < -0.4 is 11.1 Å². The zero-order valence-electron chi connectivity index (χ0n) is 12.6. The lowest BCUT2D eigenvalue weighted by Crippen LogP contribution is -2.47. The molecular weight excluding hydrogens is 260 g/mol. The number of rotatable bonds is 3. The number of anilines is 1. The molecule has 0 saturated heterocycles. The van der Waals surface area contributed by atoms with E-state index < -0.39 is 0 Å². The summed E-state index contributed by atoms with van der Waals surface area (Å²) in [6.45, 7) is 0.716. The molecule has 1 aromatic rings. The van der Waals surface area contributed by atoms with E-state index in [0.29, 0.717) is 12.1 Å². The Morgan fingerprint density at radius 1 is 1.19 bits per heavy atom. The molecule has 4 nitrogen and oxygen atoms in total. The van der Waals surface area contributed by atoms with Gasteiger partial charge in [0.25, 0.3) is 0 Å². The number of fused-ring (bicyclic) bond motifs is 1. The number of nitrogens with two attached hydrogens (primary N) is 1. The fourth-order valence-corrected chi connectivity index (χ4v) is 3.55. The van der Waals surface area contributed by atoms with Gasteiger partial charge < -0.3 is 11.1 Å². The van der Waals surface area contributed by atoms with Gasteiger partial charge in [-0.05, 0) is 50.2 Å². The molecule has 4 heteroatoms. The fraction of sp³-hybridized carbons (Fsp3) is 0.647. The second-order valence-corrected chi connectivity index (χ2v) is 6.59. The van der Waals surface area contributed by atoms with Crippen LogP contribution >= 0.6 is 0 Å². The first kappa shape index (κ1) is 14.3. The summed E-state index contributed by atoms with van der Waals surface area (Å²) < 4.78 is 0. The average molecular weight is 284 g/mol. The molecule has 0 aromatic carbocycles. The fourth-order valence-electron chi connectivity index (χ4n) is 3.55. The van der Waals surface area contributed by atoms with Crippen LogP contribution in [0.3, 0.4) is 0 Å². The van der Waals surface area contributed by atoms with Crippen molar-refractivity contribution in [3.63, 3.8) is 0 Å². The molecular formula is C17H24N4. The van der Waals surface area contributed by atoms with Crippen LogP contribution in [-0.2, 0) is 12.8 Å². The molecule has 2 aliphatic rings. The maximum absolute atomic E-state index is 9.36. The normalized spacial score (nSPS) is 20.4. The van der Waals surface area contributed by atoms with Crippen LogP contribution in [0.15, 0.2) is 6.07 Å². The van der Waals surface area contributed by atoms with Gasteiger partial charge in [0.2, 0.25) is 0 Å². The Labute approximate surface area is 126 Å². The van der Waals surface area contributed by atoms with Gasteiger partial charge in [-0.15, -0.1) is 0 Å². The van der Waals surface area contributed by atoms with Crippen LogP contribution in [0.25, 0.3) is 0 Å². The molecule has 0 unspecified atom stereocenters. The maximum Gasteiger partial charge on any atom is 0.144 e. The summed E-state index contributed by atoms with van der Waals surface area (Å²) in [4.78, 5) is 4.71. The highest BCUT2D eigenvalue weighted by atomic mass is 15.0. The van der Waals surface area contributed by atoms with Crippen LogP contribution in [-0.4, -0.2) is 17.1 Å². The lowest BCUT2D eigenvalue weighted by Gasteiger charge is -2.33. The van der Waals surface area contributed by atoms with Crippen molar-refractivity contribution in [2.24, 2.45) is 5.73 Å². The molecule has 112 valence electrons. The standard InChI is InChI=1S/C17H24N4/c18-11-14-10-13-6-2-3-7-15(13)21-16(14)20-12-17(19)8-4-1-5-9-17/h10H,1-9,12,19H2,(H,20,21). The molecule has 1 aromatic heterocycles. The van der Waals surface area contributed by atoms with Gasteiger partial charge >= 0.3 is 0 Å². The Morgan fingerprint density at radius 2 is 1.95 bits per heavy atom. The van der Waals surface area contributed by atoms with Crippen molar-refractivity contribution in [1.82, 2.24) is 4.98 Å². The van der Waals surface area contributed by atoms with E-state index in [1.807, 2.05) is 6.07 Å². The second-order valence-electron chi connectivity index (χ2n) is 6.59. The Kier molecular flexibility index (Phi) is 4.12. The van der Waals surface area contributed by atoms with Crippen LogP contribution in [0, 0.1) is 11.3 Å². The molecule has 1 heterocycles. The third kappa shape index (κ3) is 3.19. The van der Waals surface area contributed by atoms with E-state index in [4.69, 9.17) is 10.7 Å². The first-order valence-electron chi connectivity index (χ1n) is 8.16. The van der Waals surface area contributed by atoms with Crippen LogP contribution in [0.4, 0.5) is 5.82 Å². The lowest BCUT2D eigenvalue weighted by atomic mass is 9.82. The van der Waals surface area contributed by atoms with Crippen LogP contribution in [0.2, 0.25) is 0 Å². The highest BCUT2D eigenvalue weighted by molar-refractivity contribution is 5.55. The zero-order chi connectivity index (χ0) is 14.7. The van der Waals surface area contributed by atoms with Crippen LogP contribution in [0.5, 0.6) is 0 Å². The third-order valence-electron chi connectivity index (χ3n) is 4.88. The summed E-state index contributed by atoms with van der Waals surface area (Å²) in [5.41, 5.74) is 9.41. The Bertz CT molecular complexity index is 553. The Morgan fingerprint density at radius 3 is 2.71 bits per heavy atom. The third-order valence-corrected chi connectivity index (χ3v) is 4.88. The minimum Gasteiger partial charge on any atom is -0.367 e. The highest BCUT2D eigenvalue weighted by Crippen LogP contribution is 2.28. The van der Waals surface area contributed by atoms with Crippen molar-refractivity contribution in [2.75, 3.05) is 11.9 Å². The van der Waals surface area contributed by atoms with E-state index in [9.17, 15) is 5.26 Å². The number of pyridine rings is 1. The van der Waals surface area contributed by atoms with Crippen molar-refractivity contribution < 1.29 is 0 Å². The van der Waals surface area contributed by atoms with Crippen molar-refractivity contribution in [3.8, 4) is 6.07 Å². The molecule has 0 amide bonds. The van der Waals surface area contributed by atoms with Crippen LogP contribution in [0.1, 0.15) is 61.8 Å². The molecule has 0 spiro atoms. The quantitative estimate of drug-likeness (QED) is 0.895. The predicted octanol–water partition coefficient (Wildman–Crippen LogP) is 2.91. The summed E-state index contributed by atoms with van der Waals surface area (Å²) in [5, 5.41) is 12.7. The molecule has 1 fully saturated rings. The molecule has 1 saturated carbocycles. The van der Waals surface area contributed by atoms with Crippen molar-refractivity contribution in [2.45, 2.75) is 63.3 Å². The van der Waals surface area contributed by atoms with Crippen molar-refractivity contribution in [3.05, 3.63) is 22.9 Å². The first-order chi connectivity index (χ1) is 10.2. The maximum atomic E-state index is 9.36. The Hall–Kier alpha value is -1.60. The van der Waals surface area contributed by atoms with E-state index in [2.05, 4.69) is 11.4 Å². The first-order valence-corrected chi connectivity index (χ1v) is 8.16. The molecule has 3 N–H and O–H groups in total. The highest BCUT2D eigenvalue weighted by Gasteiger charge is 2.27. The minimum absolute atomic E-state index is 0.136. The second kappa shape index (κ2) is 6.03. The SMILES string of the molecule is N#Cc1cc2c(nc1NCC1(N)CCCCC1)CCCC2. The lowest BCUT2D eigenvalue weighted by molar-refractivity contribution is 0.311. The Balaban J connectivity index is 1.76. The molecule has 0 aliphatic heterocycles. The van der Waals surface area contributed by atoms with Crippen molar-refractivity contribution in [1.29, 1.82) is 5.26 Å². The largest absolute Gasteiger partial charge is 0.367 e. The van der Waals surface area contributed by atoms with Gasteiger partial charge in [0.15, 0.2) is 0 Å². The summed E-state index contributed by atoms with van der Waals surface area (Å²) >= 11 is 0. The molecule has 0 radical (unpaired) electrons. The molecule has 2 aliphatic carbocycles. The van der Waals surface area contributed by atoms with E-state index >= 15 is 0 Å². The predicted molar refractivity (Wildman–Crippen MR) is 84.1 cm³/mol. The van der Waals surface area contributed by atoms with Crippen molar-refractivity contribution >= 4 is 5.82 Å². The van der Waals surface area contributed by atoms with Gasteiger partial charge in [0.1, 0.15) is 11.9 Å². The van der Waals surface area contributed by atoms with Gasteiger partial charge in [-0.2, -0.15) is 5.26 Å². The topological polar surface area (TPSA) is 74.7 Å². The smallest absolute Gasteiger partial charge is 0.144 e. The summed E-state index contributed by atoms with van der Waals surface area (Å²) in [6.07, 6.45) is 10.3. The number of aryl methyl sites for hydroxylation is 2. The number of hydrogen-bond donors (Lipinski definition) is 2. The number of nitriles is 1. The monoisotopic (exact) mass is 284 g/mol. The van der Waals surface area contributed by atoms with Gasteiger partial charge in [0.05, 0.1) is 5.56 Å². The van der Waals surface area contributed by atoms with Gasteiger partial charge in [-0.25, -0.2) is 4.98 Å². The summed E-state index contributed by atoms with van der Waals surface area (Å²) in [7, 11) is 0. The minimum atomic E-state index is -0.136. The summed E-state index contributed by atoms with van der Waals surface area (Å²) in [5.74, 6) is 0.730. The number of nitrogens with one attached hydrogen (secondary N) is 1. The van der Waals surface area contributed by atoms with Gasteiger partial charge in [-0.3, -0.25) is 0 Å². The van der Waals surface area contributed by atoms with Gasteiger partial charge in [0, 0.05) is 17.8 Å².